The van der Waals surface area contributed by atoms with Gasteiger partial charge in [0.15, 0.2) is 5.82 Å². The van der Waals surface area contributed by atoms with Gasteiger partial charge in [-0.3, -0.25) is 9.89 Å². The molecule has 1 fully saturated rings. The van der Waals surface area contributed by atoms with Gasteiger partial charge in [-0.2, -0.15) is 0 Å². The van der Waals surface area contributed by atoms with Crippen molar-refractivity contribution in [1.82, 2.24) is 30.8 Å². The molecule has 274 valence electrons. The number of benzene rings is 3. The molecule has 5 rings (SSSR count). The van der Waals surface area contributed by atoms with Crippen molar-refractivity contribution in [3.63, 3.8) is 0 Å². The highest BCUT2D eigenvalue weighted by atomic mass is 35.5. The van der Waals surface area contributed by atoms with E-state index in [0.29, 0.717) is 30.7 Å². The van der Waals surface area contributed by atoms with E-state index in [1.165, 1.54) is 17.5 Å². The van der Waals surface area contributed by atoms with Crippen LogP contribution in [0.15, 0.2) is 90.2 Å². The first kappa shape index (κ1) is 41.1. The van der Waals surface area contributed by atoms with Crippen LogP contribution < -0.4 is 21.7 Å². The topological polar surface area (TPSA) is 130 Å². The van der Waals surface area contributed by atoms with Gasteiger partial charge >= 0.3 is 6.03 Å². The molecule has 5 N–H and O–H groups in total. The maximum atomic E-state index is 12.3. The quantitative estimate of drug-likeness (QED) is 0.0783. The van der Waals surface area contributed by atoms with Gasteiger partial charge in [-0.05, 0) is 74.1 Å². The second-order valence-electron chi connectivity index (χ2n) is 12.0. The zero-order valence-corrected chi connectivity index (χ0v) is 31.5. The average Bonchev–Trinajstić information content (AvgIpc) is 3.56. The molecule has 3 aromatic carbocycles. The molecule has 1 saturated heterocycles. The number of hydrogen-bond acceptors (Lipinski definition) is 8. The number of nitrogen functional groups attached to an aromatic ring is 1. The summed E-state index contributed by atoms with van der Waals surface area (Å²) in [5, 5.41) is 10.3. The van der Waals surface area contributed by atoms with E-state index in [2.05, 4.69) is 79.1 Å². The predicted octanol–water partition coefficient (Wildman–Crippen LogP) is 7.58. The third-order valence-electron chi connectivity index (χ3n) is 8.12. The summed E-state index contributed by atoms with van der Waals surface area (Å²) in [7, 11) is 0. The number of halogens is 1. The molecule has 0 spiro atoms. The number of nitrogens with two attached hydrogens (primary N) is 1. The number of urea groups is 1. The molecule has 0 radical (unpaired) electrons. The fraction of sp³-hybridized carbons (Fsp3) is 0.400. The van der Waals surface area contributed by atoms with Crippen LogP contribution in [0, 0.1) is 6.92 Å². The highest BCUT2D eigenvalue weighted by Crippen LogP contribution is 2.23. The fourth-order valence-electron chi connectivity index (χ4n) is 5.52. The molecule has 2 amide bonds. The summed E-state index contributed by atoms with van der Waals surface area (Å²) in [6.07, 6.45) is 5.89. The molecule has 1 aliphatic heterocycles. The first-order valence-corrected chi connectivity index (χ1v) is 18.2. The maximum Gasteiger partial charge on any atom is 0.315 e. The number of carbonyl (C=O) groups is 1. The smallest absolute Gasteiger partial charge is 0.315 e. The zero-order valence-electron chi connectivity index (χ0n) is 30.7. The van der Waals surface area contributed by atoms with Crippen LogP contribution in [-0.4, -0.2) is 72.0 Å². The lowest BCUT2D eigenvalue weighted by molar-refractivity contribution is 0.0319. The van der Waals surface area contributed by atoms with Crippen LogP contribution in [0.4, 0.5) is 16.3 Å². The van der Waals surface area contributed by atoms with Gasteiger partial charge in [-0.25, -0.2) is 14.8 Å². The number of hydrogen-bond donors (Lipinski definition) is 4. The summed E-state index contributed by atoms with van der Waals surface area (Å²) in [6, 6.07) is 26.3. The van der Waals surface area contributed by atoms with Crippen LogP contribution >= 0.6 is 11.6 Å². The van der Waals surface area contributed by atoms with Gasteiger partial charge < -0.3 is 26.4 Å². The van der Waals surface area contributed by atoms with E-state index in [0.717, 1.165) is 67.4 Å². The summed E-state index contributed by atoms with van der Waals surface area (Å²) >= 11 is 6.04. The van der Waals surface area contributed by atoms with E-state index < -0.39 is 0 Å². The Hall–Kier alpha value is -4.35. The van der Waals surface area contributed by atoms with Gasteiger partial charge in [-0.15, -0.1) is 0 Å². The van der Waals surface area contributed by atoms with E-state index in [4.69, 9.17) is 22.1 Å². The van der Waals surface area contributed by atoms with Crippen molar-refractivity contribution >= 4 is 35.4 Å². The Balaban J connectivity index is 0.000000457. The largest absolute Gasteiger partial charge is 0.382 e. The lowest BCUT2D eigenvalue weighted by Gasteiger charge is -2.26. The van der Waals surface area contributed by atoms with Crippen molar-refractivity contribution in [3.8, 4) is 11.1 Å². The monoisotopic (exact) mass is 714 g/mol. The minimum atomic E-state index is -0.141. The van der Waals surface area contributed by atoms with Gasteiger partial charge in [0.25, 0.3) is 0 Å². The van der Waals surface area contributed by atoms with Crippen molar-refractivity contribution in [2.24, 2.45) is 4.99 Å². The molecule has 0 saturated carbocycles. The fourth-order valence-corrected chi connectivity index (χ4v) is 5.64. The van der Waals surface area contributed by atoms with Gasteiger partial charge in [0.1, 0.15) is 12.0 Å². The molecule has 11 heteroatoms. The summed E-state index contributed by atoms with van der Waals surface area (Å²) < 4.78 is 6.07. The lowest BCUT2D eigenvalue weighted by Crippen LogP contribution is -2.44. The number of aliphatic imine (C=N–C) groups is 1. The zero-order chi connectivity index (χ0) is 36.8. The van der Waals surface area contributed by atoms with Gasteiger partial charge in [0.2, 0.25) is 0 Å². The number of amides is 2. The van der Waals surface area contributed by atoms with Gasteiger partial charge in [0.05, 0.1) is 17.9 Å². The standard InChI is InChI=1S/C31H39ClN4O2.C7H10N4.C2H6/c1-24-10-15-30(38-24)23-36(19-17-34-31(37)35-22-25-6-3-2-4-7-25)18-16-33-21-26-8-5-9-28(20-26)27-11-13-29(32)14-12-27;1-3-9-6-5(2)10-4-11-7(6)8;1-2/h2-9,11-14,20,24,30,33H,10,15-19,21-23H2,1H3,(H2,34,35,37);3-4H,1-2H3,(H2,8,10,11);1-2H3. The van der Waals surface area contributed by atoms with Crippen molar-refractivity contribution in [3.05, 3.63) is 107 Å². The average molecular weight is 715 g/mol. The van der Waals surface area contributed by atoms with Crippen LogP contribution in [0.5, 0.6) is 0 Å². The highest BCUT2D eigenvalue weighted by molar-refractivity contribution is 6.30. The molecule has 2 heterocycles. The van der Waals surface area contributed by atoms with Crippen LogP contribution in [-0.2, 0) is 17.8 Å². The van der Waals surface area contributed by atoms with E-state index in [-0.39, 0.29) is 12.1 Å². The minimum Gasteiger partial charge on any atom is -0.382 e. The van der Waals surface area contributed by atoms with Crippen molar-refractivity contribution in [2.75, 3.05) is 38.5 Å². The molecule has 4 aromatic rings. The van der Waals surface area contributed by atoms with Crippen molar-refractivity contribution in [2.45, 2.75) is 72.8 Å². The molecule has 2 atom stereocenters. The Kier molecular flexibility index (Phi) is 18.7. The van der Waals surface area contributed by atoms with Crippen molar-refractivity contribution in [1.29, 1.82) is 0 Å². The third-order valence-corrected chi connectivity index (χ3v) is 8.37. The highest BCUT2D eigenvalue weighted by Gasteiger charge is 2.23. The normalized spacial score (nSPS) is 15.1. The Morgan fingerprint density at radius 1 is 0.941 bits per heavy atom. The molecule has 0 aliphatic carbocycles. The number of carbonyl (C=O) groups excluding carboxylic acids is 1. The Morgan fingerprint density at radius 2 is 1.67 bits per heavy atom. The van der Waals surface area contributed by atoms with Crippen LogP contribution in [0.3, 0.4) is 0 Å². The molecule has 2 unspecified atom stereocenters. The van der Waals surface area contributed by atoms with Crippen LogP contribution in [0.1, 0.15) is 57.4 Å². The Bertz CT molecular complexity index is 1580. The summed E-state index contributed by atoms with van der Waals surface area (Å²) in [5.41, 5.74) is 11.7. The number of nitrogens with one attached hydrogen (secondary N) is 3. The molecule has 0 bridgehead atoms. The number of aromatic nitrogens is 2. The van der Waals surface area contributed by atoms with E-state index in [9.17, 15) is 4.79 Å². The van der Waals surface area contributed by atoms with E-state index in [1.54, 1.807) is 6.21 Å². The second-order valence-corrected chi connectivity index (χ2v) is 12.4. The molecular formula is C40H55ClN8O2. The Morgan fingerprint density at radius 3 is 2.35 bits per heavy atom. The second kappa shape index (κ2) is 23.2. The Labute approximate surface area is 309 Å². The first-order valence-electron chi connectivity index (χ1n) is 17.9. The van der Waals surface area contributed by atoms with Crippen LogP contribution in [0.2, 0.25) is 5.02 Å². The number of rotatable bonds is 14. The molecule has 10 nitrogen and oxygen atoms in total. The number of aryl methyl sites for hydroxylation is 1. The lowest BCUT2D eigenvalue weighted by atomic mass is 10.0. The van der Waals surface area contributed by atoms with Gasteiger partial charge in [0, 0.05) is 57.1 Å². The number of anilines is 1. The summed E-state index contributed by atoms with van der Waals surface area (Å²) in [5.74, 6) is 0.426. The van der Waals surface area contributed by atoms with E-state index >= 15 is 0 Å². The predicted molar refractivity (Wildman–Crippen MR) is 212 cm³/mol. The molecule has 51 heavy (non-hydrogen) atoms. The SMILES string of the molecule is CC.CC1CCC(CN(CCNCc2cccc(-c3ccc(Cl)cc3)c2)CCNC(=O)NCc2ccccc2)O1.CC=Nc1c(C)ncnc1N. The number of ether oxygens (including phenoxy) is 1. The first-order chi connectivity index (χ1) is 24.8. The maximum absolute atomic E-state index is 12.3. The molecular weight excluding hydrogens is 660 g/mol. The van der Waals surface area contributed by atoms with Crippen molar-refractivity contribution < 1.29 is 9.53 Å². The molecule has 1 aromatic heterocycles. The summed E-state index contributed by atoms with van der Waals surface area (Å²) in [6.45, 7) is 15.1. The summed E-state index contributed by atoms with van der Waals surface area (Å²) in [4.78, 5) is 26.4. The van der Waals surface area contributed by atoms with Gasteiger partial charge in [-0.1, -0.05) is 86.1 Å². The number of nitrogens with zero attached hydrogens (tertiary/aromatic N) is 4. The minimum absolute atomic E-state index is 0.141. The third kappa shape index (κ3) is 15.2. The van der Waals surface area contributed by atoms with E-state index in [1.807, 2.05) is 70.2 Å². The molecule has 1 aliphatic rings. The van der Waals surface area contributed by atoms with Crippen LogP contribution in [0.25, 0.3) is 11.1 Å².